The van der Waals surface area contributed by atoms with Gasteiger partial charge < -0.3 is 15.4 Å². The highest BCUT2D eigenvalue weighted by atomic mass is 16.5. The molecule has 0 amide bonds. The number of nitrogens with zero attached hydrogens (tertiary/aromatic N) is 2. The molecule has 4 heteroatoms. The molecule has 0 saturated carbocycles. The molecule has 0 aromatic carbocycles. The average Bonchev–Trinajstić information content (AvgIpc) is 2.41. The third kappa shape index (κ3) is 3.67. The predicted octanol–water partition coefficient (Wildman–Crippen LogP) is 2.14. The second-order valence-corrected chi connectivity index (χ2v) is 5.68. The molecule has 106 valence electrons. The smallest absolute Gasteiger partial charge is 0.0593 e. The molecule has 1 aromatic rings. The molecule has 1 aliphatic heterocycles. The van der Waals surface area contributed by atoms with Gasteiger partial charge in [0.1, 0.15) is 0 Å². The summed E-state index contributed by atoms with van der Waals surface area (Å²) in [6.07, 6.45) is 4.22. The lowest BCUT2D eigenvalue weighted by Gasteiger charge is -2.27. The van der Waals surface area contributed by atoms with E-state index in [2.05, 4.69) is 23.9 Å². The summed E-state index contributed by atoms with van der Waals surface area (Å²) in [7, 11) is 2.16. The van der Waals surface area contributed by atoms with E-state index in [1.165, 1.54) is 12.8 Å². The summed E-state index contributed by atoms with van der Waals surface area (Å²) in [5.74, 6) is 0.752. The normalized spacial score (nSPS) is 17.1. The second-order valence-electron chi connectivity index (χ2n) is 5.68. The van der Waals surface area contributed by atoms with Crippen molar-refractivity contribution in [2.24, 2.45) is 5.92 Å². The van der Waals surface area contributed by atoms with Crippen molar-refractivity contribution in [1.29, 1.82) is 0 Å². The molecule has 2 heterocycles. The van der Waals surface area contributed by atoms with Crippen molar-refractivity contribution in [3.8, 4) is 0 Å². The van der Waals surface area contributed by atoms with E-state index in [1.807, 2.05) is 13.1 Å². The number of hydrogen-bond donors (Lipinski definition) is 1. The van der Waals surface area contributed by atoms with Crippen LogP contribution in [0.4, 0.5) is 5.69 Å². The number of nitrogens with two attached hydrogens (primary N) is 1. The van der Waals surface area contributed by atoms with Crippen molar-refractivity contribution in [1.82, 2.24) is 9.88 Å². The molecule has 0 spiro atoms. The zero-order chi connectivity index (χ0) is 13.8. The topological polar surface area (TPSA) is 51.4 Å². The van der Waals surface area contributed by atoms with Crippen molar-refractivity contribution in [2.45, 2.75) is 33.2 Å². The molecule has 1 aromatic heterocycles. The van der Waals surface area contributed by atoms with Gasteiger partial charge in [0.05, 0.1) is 5.69 Å². The Labute approximate surface area is 116 Å². The van der Waals surface area contributed by atoms with Gasteiger partial charge >= 0.3 is 0 Å². The lowest BCUT2D eigenvalue weighted by molar-refractivity contribution is 0.0548. The zero-order valence-electron chi connectivity index (χ0n) is 12.3. The van der Waals surface area contributed by atoms with E-state index in [9.17, 15) is 0 Å². The van der Waals surface area contributed by atoms with Gasteiger partial charge in [0.15, 0.2) is 0 Å². The summed E-state index contributed by atoms with van der Waals surface area (Å²) in [4.78, 5) is 6.87. The molecular weight excluding hydrogens is 238 g/mol. The maximum Gasteiger partial charge on any atom is 0.0593 e. The summed E-state index contributed by atoms with van der Waals surface area (Å²) in [6, 6.07) is 0. The van der Waals surface area contributed by atoms with Gasteiger partial charge in [0.25, 0.3) is 0 Å². The quantitative estimate of drug-likeness (QED) is 0.904. The van der Waals surface area contributed by atoms with Crippen LogP contribution in [0.2, 0.25) is 0 Å². The SMILES string of the molecule is Cc1cnc(CN(C)CC2CCOCC2)c(C)c1N. The monoisotopic (exact) mass is 263 g/mol. The Kier molecular flexibility index (Phi) is 4.77. The van der Waals surface area contributed by atoms with Crippen molar-refractivity contribution < 1.29 is 4.74 Å². The van der Waals surface area contributed by atoms with Crippen LogP contribution in [-0.2, 0) is 11.3 Å². The van der Waals surface area contributed by atoms with Gasteiger partial charge in [0.2, 0.25) is 0 Å². The van der Waals surface area contributed by atoms with Crippen LogP contribution in [0.25, 0.3) is 0 Å². The van der Waals surface area contributed by atoms with Gasteiger partial charge in [-0.25, -0.2) is 0 Å². The number of hydrogen-bond acceptors (Lipinski definition) is 4. The van der Waals surface area contributed by atoms with Crippen LogP contribution < -0.4 is 5.73 Å². The van der Waals surface area contributed by atoms with Gasteiger partial charge in [0, 0.05) is 38.2 Å². The first-order valence-corrected chi connectivity index (χ1v) is 7.04. The molecule has 19 heavy (non-hydrogen) atoms. The highest BCUT2D eigenvalue weighted by Crippen LogP contribution is 2.20. The van der Waals surface area contributed by atoms with E-state index in [1.54, 1.807) is 0 Å². The number of aromatic nitrogens is 1. The van der Waals surface area contributed by atoms with E-state index in [0.29, 0.717) is 0 Å². The maximum absolute atomic E-state index is 6.07. The van der Waals surface area contributed by atoms with Gasteiger partial charge in [-0.3, -0.25) is 4.98 Å². The Hall–Kier alpha value is -1.13. The zero-order valence-corrected chi connectivity index (χ0v) is 12.3. The Morgan fingerprint density at radius 2 is 2.05 bits per heavy atom. The van der Waals surface area contributed by atoms with E-state index in [-0.39, 0.29) is 0 Å². The molecule has 0 bridgehead atoms. The fraction of sp³-hybridized carbons (Fsp3) is 0.667. The fourth-order valence-electron chi connectivity index (χ4n) is 2.64. The van der Waals surface area contributed by atoms with E-state index >= 15 is 0 Å². The Morgan fingerprint density at radius 1 is 1.37 bits per heavy atom. The molecule has 0 unspecified atom stereocenters. The van der Waals surface area contributed by atoms with Crippen molar-refractivity contribution in [3.63, 3.8) is 0 Å². The van der Waals surface area contributed by atoms with Crippen LogP contribution in [0.5, 0.6) is 0 Å². The standard InChI is InChI=1S/C15H25N3O/c1-11-8-17-14(12(2)15(11)16)10-18(3)9-13-4-6-19-7-5-13/h8,13H,4-7,9-10H2,1-3H3,(H2,16,17). The third-order valence-electron chi connectivity index (χ3n) is 4.01. The molecule has 4 nitrogen and oxygen atoms in total. The molecule has 1 fully saturated rings. The van der Waals surface area contributed by atoms with Crippen LogP contribution in [0.1, 0.15) is 29.7 Å². The summed E-state index contributed by atoms with van der Waals surface area (Å²) in [5, 5.41) is 0. The second kappa shape index (κ2) is 6.35. The predicted molar refractivity (Wildman–Crippen MR) is 78.0 cm³/mol. The lowest BCUT2D eigenvalue weighted by Crippen LogP contribution is -2.29. The molecule has 2 N–H and O–H groups in total. The molecular formula is C15H25N3O. The van der Waals surface area contributed by atoms with Crippen molar-refractivity contribution in [2.75, 3.05) is 32.5 Å². The minimum absolute atomic E-state index is 0.752. The number of nitrogen functional groups attached to an aromatic ring is 1. The fourth-order valence-corrected chi connectivity index (χ4v) is 2.64. The molecule has 0 atom stereocenters. The minimum Gasteiger partial charge on any atom is -0.398 e. The maximum atomic E-state index is 6.07. The van der Waals surface area contributed by atoms with Crippen LogP contribution in [0, 0.1) is 19.8 Å². The first kappa shape index (κ1) is 14.3. The summed E-state index contributed by atoms with van der Waals surface area (Å²) in [6.45, 7) is 7.87. The Balaban J connectivity index is 1.94. The van der Waals surface area contributed by atoms with Gasteiger partial charge in [-0.15, -0.1) is 0 Å². The van der Waals surface area contributed by atoms with E-state index in [4.69, 9.17) is 10.5 Å². The van der Waals surface area contributed by atoms with Gasteiger partial charge in [-0.05, 0) is 50.8 Å². The first-order valence-electron chi connectivity index (χ1n) is 7.04. The van der Waals surface area contributed by atoms with Crippen LogP contribution in [-0.4, -0.2) is 36.7 Å². The van der Waals surface area contributed by atoms with E-state index in [0.717, 1.165) is 54.7 Å². The largest absolute Gasteiger partial charge is 0.398 e. The lowest BCUT2D eigenvalue weighted by atomic mass is 9.99. The Bertz CT molecular complexity index is 428. The summed E-state index contributed by atoms with van der Waals surface area (Å²) in [5.41, 5.74) is 10.2. The van der Waals surface area contributed by atoms with Gasteiger partial charge in [-0.2, -0.15) is 0 Å². The third-order valence-corrected chi connectivity index (χ3v) is 4.01. The number of ether oxygens (including phenoxy) is 1. The average molecular weight is 263 g/mol. The van der Waals surface area contributed by atoms with Crippen molar-refractivity contribution >= 4 is 5.69 Å². The first-order chi connectivity index (χ1) is 9.08. The number of pyridine rings is 1. The number of rotatable bonds is 4. The van der Waals surface area contributed by atoms with Gasteiger partial charge in [-0.1, -0.05) is 0 Å². The van der Waals surface area contributed by atoms with Crippen LogP contribution in [0.3, 0.4) is 0 Å². The number of aryl methyl sites for hydroxylation is 1. The highest BCUT2D eigenvalue weighted by molar-refractivity contribution is 5.53. The summed E-state index contributed by atoms with van der Waals surface area (Å²) >= 11 is 0. The number of anilines is 1. The molecule has 1 aliphatic rings. The minimum atomic E-state index is 0.752. The van der Waals surface area contributed by atoms with E-state index < -0.39 is 0 Å². The molecule has 0 aliphatic carbocycles. The summed E-state index contributed by atoms with van der Waals surface area (Å²) < 4.78 is 5.40. The van der Waals surface area contributed by atoms with Crippen LogP contribution >= 0.6 is 0 Å². The molecule has 2 rings (SSSR count). The highest BCUT2D eigenvalue weighted by Gasteiger charge is 2.17. The van der Waals surface area contributed by atoms with Crippen LogP contribution in [0.15, 0.2) is 6.20 Å². The molecule has 0 radical (unpaired) electrons. The van der Waals surface area contributed by atoms with Crippen molar-refractivity contribution in [3.05, 3.63) is 23.0 Å². The molecule has 1 saturated heterocycles. The Morgan fingerprint density at radius 3 is 2.74 bits per heavy atom.